The minimum absolute atomic E-state index is 0.145. The van der Waals surface area contributed by atoms with Gasteiger partial charge in [0.25, 0.3) is 5.56 Å². The Hall–Kier alpha value is -1.14. The van der Waals surface area contributed by atoms with E-state index < -0.39 is 0 Å². The molecule has 0 aromatic carbocycles. The van der Waals surface area contributed by atoms with Crippen LogP contribution in [0.15, 0.2) is 15.3 Å². The highest BCUT2D eigenvalue weighted by Crippen LogP contribution is 2.22. The van der Waals surface area contributed by atoms with Gasteiger partial charge in [0.05, 0.1) is 22.4 Å². The Balaban J connectivity index is 2.50. The fourth-order valence-corrected chi connectivity index (χ4v) is 3.04. The predicted octanol–water partition coefficient (Wildman–Crippen LogP) is 2.57. The van der Waals surface area contributed by atoms with Crippen LogP contribution >= 0.6 is 27.5 Å². The molecule has 0 N–H and O–H groups in total. The van der Waals surface area contributed by atoms with E-state index in [1.54, 1.807) is 9.25 Å². The molecule has 0 spiro atoms. The number of hydrogen-bond donors (Lipinski definition) is 0. The maximum absolute atomic E-state index is 12.1. The zero-order valence-electron chi connectivity index (χ0n) is 11.7. The van der Waals surface area contributed by atoms with Crippen molar-refractivity contribution >= 4 is 27.5 Å². The summed E-state index contributed by atoms with van der Waals surface area (Å²) >= 11 is 9.40. The van der Waals surface area contributed by atoms with E-state index >= 15 is 0 Å². The normalized spacial score (nSPS) is 11.1. The van der Waals surface area contributed by atoms with Crippen molar-refractivity contribution in [2.45, 2.75) is 33.2 Å². The molecule has 0 aliphatic heterocycles. The van der Waals surface area contributed by atoms with Crippen molar-refractivity contribution in [2.75, 3.05) is 0 Å². The number of hydrogen-bond acceptors (Lipinski definition) is 3. The number of aromatic nitrogens is 4. The molecule has 0 bridgehead atoms. The fraction of sp³-hybridized carbons (Fsp3) is 0.462. The molecular formula is C13H16BrClN4O. The molecule has 0 unspecified atom stereocenters. The van der Waals surface area contributed by atoms with Crippen LogP contribution in [0.25, 0.3) is 0 Å². The minimum atomic E-state index is -0.145. The second kappa shape index (κ2) is 6.10. The van der Waals surface area contributed by atoms with Crippen LogP contribution in [-0.4, -0.2) is 19.3 Å². The zero-order chi connectivity index (χ0) is 14.9. The third-order valence-electron chi connectivity index (χ3n) is 3.18. The van der Waals surface area contributed by atoms with Gasteiger partial charge >= 0.3 is 0 Å². The lowest BCUT2D eigenvalue weighted by Gasteiger charge is -2.11. The lowest BCUT2D eigenvalue weighted by atomic mass is 10.3. The molecular weight excluding hydrogens is 344 g/mol. The van der Waals surface area contributed by atoms with Gasteiger partial charge in [-0.25, -0.2) is 4.98 Å². The maximum Gasteiger partial charge on any atom is 0.255 e. The SMILES string of the molecule is CCc1nn(C)c(Cn2c(CC)nc(Cl)cc2=O)c1Br. The van der Waals surface area contributed by atoms with Crippen molar-refractivity contribution in [1.82, 2.24) is 19.3 Å². The van der Waals surface area contributed by atoms with E-state index in [1.807, 2.05) is 20.9 Å². The molecule has 2 rings (SSSR count). The zero-order valence-corrected chi connectivity index (χ0v) is 14.0. The van der Waals surface area contributed by atoms with Crippen molar-refractivity contribution < 1.29 is 0 Å². The molecule has 2 heterocycles. The Morgan fingerprint density at radius 1 is 1.35 bits per heavy atom. The molecule has 108 valence electrons. The Morgan fingerprint density at radius 2 is 2.05 bits per heavy atom. The molecule has 0 saturated carbocycles. The standard InChI is InChI=1S/C13H16BrClN4O/c1-4-8-13(14)9(18(3)17-8)7-19-11(5-2)16-10(15)6-12(19)20/h6H,4-5,7H2,1-3H3. The van der Waals surface area contributed by atoms with Gasteiger partial charge in [-0.3, -0.25) is 14.0 Å². The average molecular weight is 360 g/mol. The summed E-state index contributed by atoms with van der Waals surface area (Å²) in [7, 11) is 1.87. The second-order valence-electron chi connectivity index (χ2n) is 4.46. The van der Waals surface area contributed by atoms with Crippen LogP contribution in [0, 0.1) is 0 Å². The molecule has 0 amide bonds. The van der Waals surface area contributed by atoms with Gasteiger partial charge in [0.2, 0.25) is 0 Å². The van der Waals surface area contributed by atoms with Crippen LogP contribution in [0.2, 0.25) is 5.15 Å². The van der Waals surface area contributed by atoms with Gasteiger partial charge in [0.15, 0.2) is 0 Å². The molecule has 2 aromatic rings. The van der Waals surface area contributed by atoms with Crippen LogP contribution in [0.4, 0.5) is 0 Å². The molecule has 0 radical (unpaired) electrons. The lowest BCUT2D eigenvalue weighted by Crippen LogP contribution is -2.25. The van der Waals surface area contributed by atoms with Crippen LogP contribution in [0.5, 0.6) is 0 Å². The van der Waals surface area contributed by atoms with Crippen molar-refractivity contribution in [3.8, 4) is 0 Å². The molecule has 0 aliphatic carbocycles. The first kappa shape index (κ1) is 15.3. The quantitative estimate of drug-likeness (QED) is 0.788. The van der Waals surface area contributed by atoms with E-state index in [0.29, 0.717) is 18.8 Å². The lowest BCUT2D eigenvalue weighted by molar-refractivity contribution is 0.615. The van der Waals surface area contributed by atoms with E-state index in [2.05, 4.69) is 26.0 Å². The highest BCUT2D eigenvalue weighted by atomic mass is 79.9. The molecule has 20 heavy (non-hydrogen) atoms. The predicted molar refractivity (Wildman–Crippen MR) is 82.3 cm³/mol. The van der Waals surface area contributed by atoms with E-state index in [1.165, 1.54) is 6.07 Å². The number of aryl methyl sites for hydroxylation is 3. The summed E-state index contributed by atoms with van der Waals surface area (Å²) < 4.78 is 4.38. The maximum atomic E-state index is 12.1. The Bertz CT molecular complexity index is 692. The highest BCUT2D eigenvalue weighted by Gasteiger charge is 2.15. The first-order chi connectivity index (χ1) is 9.47. The Morgan fingerprint density at radius 3 is 2.60 bits per heavy atom. The summed E-state index contributed by atoms with van der Waals surface area (Å²) in [4.78, 5) is 16.3. The summed E-state index contributed by atoms with van der Waals surface area (Å²) in [6.07, 6.45) is 1.48. The monoisotopic (exact) mass is 358 g/mol. The number of rotatable bonds is 4. The largest absolute Gasteiger partial charge is 0.290 e. The van der Waals surface area contributed by atoms with E-state index in [-0.39, 0.29) is 10.7 Å². The van der Waals surface area contributed by atoms with Gasteiger partial charge in [0.1, 0.15) is 11.0 Å². The summed E-state index contributed by atoms with van der Waals surface area (Å²) in [5.74, 6) is 0.675. The number of halogens is 2. The van der Waals surface area contributed by atoms with Gasteiger partial charge in [-0.1, -0.05) is 25.4 Å². The van der Waals surface area contributed by atoms with Crippen molar-refractivity contribution in [1.29, 1.82) is 0 Å². The Labute approximate surface area is 130 Å². The fourth-order valence-electron chi connectivity index (χ4n) is 2.10. The first-order valence-electron chi connectivity index (χ1n) is 6.44. The smallest absolute Gasteiger partial charge is 0.255 e. The van der Waals surface area contributed by atoms with Gasteiger partial charge in [-0.2, -0.15) is 5.10 Å². The summed E-state index contributed by atoms with van der Waals surface area (Å²) in [5, 5.41) is 4.67. The van der Waals surface area contributed by atoms with Crippen molar-refractivity contribution in [3.05, 3.63) is 43.3 Å². The molecule has 5 nitrogen and oxygen atoms in total. The molecule has 2 aromatic heterocycles. The molecule has 0 fully saturated rings. The van der Waals surface area contributed by atoms with E-state index in [0.717, 1.165) is 22.3 Å². The first-order valence-corrected chi connectivity index (χ1v) is 7.61. The number of nitrogens with zero attached hydrogens (tertiary/aromatic N) is 4. The second-order valence-corrected chi connectivity index (χ2v) is 5.64. The van der Waals surface area contributed by atoms with Crippen LogP contribution in [0.1, 0.15) is 31.1 Å². The summed E-state index contributed by atoms with van der Waals surface area (Å²) in [6.45, 7) is 4.42. The average Bonchev–Trinajstić information content (AvgIpc) is 2.68. The van der Waals surface area contributed by atoms with Gasteiger partial charge < -0.3 is 0 Å². The molecule has 0 saturated heterocycles. The Kier molecular flexibility index (Phi) is 4.65. The van der Waals surface area contributed by atoms with E-state index in [9.17, 15) is 4.79 Å². The van der Waals surface area contributed by atoms with Crippen LogP contribution < -0.4 is 5.56 Å². The summed E-state index contributed by atoms with van der Waals surface area (Å²) in [6, 6.07) is 1.34. The molecule has 0 aliphatic rings. The van der Waals surface area contributed by atoms with Crippen LogP contribution in [0.3, 0.4) is 0 Å². The van der Waals surface area contributed by atoms with Crippen molar-refractivity contribution in [2.24, 2.45) is 7.05 Å². The minimum Gasteiger partial charge on any atom is -0.290 e. The topological polar surface area (TPSA) is 52.7 Å². The summed E-state index contributed by atoms with van der Waals surface area (Å²) in [5.41, 5.74) is 1.78. The van der Waals surface area contributed by atoms with Gasteiger partial charge in [-0.05, 0) is 22.4 Å². The highest BCUT2D eigenvalue weighted by molar-refractivity contribution is 9.10. The third kappa shape index (κ3) is 2.81. The van der Waals surface area contributed by atoms with Crippen LogP contribution in [-0.2, 0) is 26.4 Å². The molecule has 0 atom stereocenters. The third-order valence-corrected chi connectivity index (χ3v) is 4.29. The van der Waals surface area contributed by atoms with Gasteiger partial charge in [0, 0.05) is 19.5 Å². The van der Waals surface area contributed by atoms with E-state index in [4.69, 9.17) is 11.6 Å². The van der Waals surface area contributed by atoms with Crippen molar-refractivity contribution in [3.63, 3.8) is 0 Å². The van der Waals surface area contributed by atoms with Gasteiger partial charge in [-0.15, -0.1) is 0 Å². The molecule has 7 heteroatoms.